The highest BCUT2D eigenvalue weighted by atomic mass is 35.5. The van der Waals surface area contributed by atoms with E-state index < -0.39 is 16.1 Å². The second-order valence-electron chi connectivity index (χ2n) is 6.75. The highest BCUT2D eigenvalue weighted by Crippen LogP contribution is 2.26. The maximum absolute atomic E-state index is 12.7. The fourth-order valence-electron chi connectivity index (χ4n) is 2.68. The average molecular weight is 479 g/mol. The van der Waals surface area contributed by atoms with Gasteiger partial charge >= 0.3 is 0 Å². The number of amides is 1. The number of sulfonamides is 1. The van der Waals surface area contributed by atoms with Crippen molar-refractivity contribution < 1.29 is 17.9 Å². The Morgan fingerprint density at radius 3 is 2.35 bits per heavy atom. The SMILES string of the molecule is Cc1c(Cl)cccc1NS(=O)(=O)c1ccc(NC(=O)[C@@H](C)Oc2cccc(Cl)c2)cc1. The molecular weight excluding hydrogens is 459 g/mol. The van der Waals surface area contributed by atoms with Crippen molar-refractivity contribution >= 4 is 50.5 Å². The number of hydrogen-bond acceptors (Lipinski definition) is 4. The van der Waals surface area contributed by atoms with Crippen LogP contribution in [0.4, 0.5) is 11.4 Å². The summed E-state index contributed by atoms with van der Waals surface area (Å²) in [4.78, 5) is 12.4. The maximum atomic E-state index is 12.7. The molecule has 3 rings (SSSR count). The molecule has 0 saturated carbocycles. The lowest BCUT2D eigenvalue weighted by molar-refractivity contribution is -0.122. The van der Waals surface area contributed by atoms with Crippen LogP contribution in [0.1, 0.15) is 12.5 Å². The summed E-state index contributed by atoms with van der Waals surface area (Å²) in [5, 5.41) is 3.66. The van der Waals surface area contributed by atoms with E-state index in [0.717, 1.165) is 0 Å². The van der Waals surface area contributed by atoms with E-state index in [4.69, 9.17) is 27.9 Å². The molecule has 0 aromatic heterocycles. The Balaban J connectivity index is 1.66. The summed E-state index contributed by atoms with van der Waals surface area (Å²) in [7, 11) is -3.82. The number of benzene rings is 3. The molecule has 0 fully saturated rings. The zero-order valence-corrected chi connectivity index (χ0v) is 19.1. The van der Waals surface area contributed by atoms with Gasteiger partial charge in [-0.25, -0.2) is 8.42 Å². The summed E-state index contributed by atoms with van der Waals surface area (Å²) in [6, 6.07) is 17.5. The van der Waals surface area contributed by atoms with Gasteiger partial charge in [0.05, 0.1) is 10.6 Å². The number of anilines is 2. The smallest absolute Gasteiger partial charge is 0.265 e. The molecule has 0 aliphatic rings. The van der Waals surface area contributed by atoms with E-state index in [1.54, 1.807) is 56.3 Å². The molecule has 0 bridgehead atoms. The Kier molecular flexibility index (Phi) is 7.10. The van der Waals surface area contributed by atoms with E-state index in [1.165, 1.54) is 24.3 Å². The van der Waals surface area contributed by atoms with Gasteiger partial charge in [0.2, 0.25) is 0 Å². The summed E-state index contributed by atoms with van der Waals surface area (Å²) in [5.74, 6) is 0.0854. The average Bonchev–Trinajstić information content (AvgIpc) is 2.71. The second-order valence-corrected chi connectivity index (χ2v) is 9.28. The summed E-state index contributed by atoms with van der Waals surface area (Å²) in [6.45, 7) is 3.33. The van der Waals surface area contributed by atoms with Crippen LogP contribution in [0.15, 0.2) is 71.6 Å². The summed E-state index contributed by atoms with van der Waals surface area (Å²) in [5.41, 5.74) is 1.46. The molecule has 0 unspecified atom stereocenters. The van der Waals surface area contributed by atoms with Crippen molar-refractivity contribution in [3.63, 3.8) is 0 Å². The predicted octanol–water partition coefficient (Wildman–Crippen LogP) is 5.51. The van der Waals surface area contributed by atoms with Gasteiger partial charge in [0.15, 0.2) is 6.10 Å². The Labute approximate surface area is 191 Å². The van der Waals surface area contributed by atoms with Crippen LogP contribution in [0.25, 0.3) is 0 Å². The largest absolute Gasteiger partial charge is 0.481 e. The minimum absolute atomic E-state index is 0.0492. The minimum Gasteiger partial charge on any atom is -0.481 e. The number of carbonyl (C=O) groups is 1. The second kappa shape index (κ2) is 9.60. The first-order chi connectivity index (χ1) is 14.7. The maximum Gasteiger partial charge on any atom is 0.265 e. The third-order valence-corrected chi connectivity index (χ3v) is 6.45. The van der Waals surface area contributed by atoms with Gasteiger partial charge in [-0.15, -0.1) is 0 Å². The van der Waals surface area contributed by atoms with Crippen molar-refractivity contribution in [2.75, 3.05) is 10.0 Å². The lowest BCUT2D eigenvalue weighted by atomic mass is 10.2. The first-order valence-corrected chi connectivity index (χ1v) is 11.5. The molecule has 3 aromatic carbocycles. The number of ether oxygens (including phenoxy) is 1. The molecule has 0 spiro atoms. The van der Waals surface area contributed by atoms with Crippen molar-refractivity contribution in [3.8, 4) is 5.75 Å². The highest BCUT2D eigenvalue weighted by molar-refractivity contribution is 7.92. The number of halogens is 2. The van der Waals surface area contributed by atoms with Gasteiger partial charge in [0.1, 0.15) is 5.75 Å². The van der Waals surface area contributed by atoms with Crippen LogP contribution >= 0.6 is 23.2 Å². The third-order valence-electron chi connectivity index (χ3n) is 4.42. The summed E-state index contributed by atoms with van der Waals surface area (Å²) < 4.78 is 33.4. The van der Waals surface area contributed by atoms with E-state index in [9.17, 15) is 13.2 Å². The van der Waals surface area contributed by atoms with Crippen LogP contribution in [0.5, 0.6) is 5.75 Å². The van der Waals surface area contributed by atoms with Crippen molar-refractivity contribution in [2.24, 2.45) is 0 Å². The van der Waals surface area contributed by atoms with E-state index in [2.05, 4.69) is 10.0 Å². The molecule has 31 heavy (non-hydrogen) atoms. The third kappa shape index (κ3) is 5.91. The van der Waals surface area contributed by atoms with Crippen molar-refractivity contribution in [3.05, 3.63) is 82.3 Å². The Morgan fingerprint density at radius 2 is 1.68 bits per heavy atom. The number of hydrogen-bond donors (Lipinski definition) is 2. The molecule has 6 nitrogen and oxygen atoms in total. The van der Waals surface area contributed by atoms with Gasteiger partial charge in [-0.1, -0.05) is 35.3 Å². The predicted molar refractivity (Wildman–Crippen MR) is 124 cm³/mol. The zero-order valence-electron chi connectivity index (χ0n) is 16.7. The van der Waals surface area contributed by atoms with Gasteiger partial charge in [0, 0.05) is 15.7 Å². The number of nitrogens with one attached hydrogen (secondary N) is 2. The number of rotatable bonds is 7. The van der Waals surface area contributed by atoms with E-state index >= 15 is 0 Å². The summed E-state index contributed by atoms with van der Waals surface area (Å²) in [6.07, 6.45) is -0.783. The van der Waals surface area contributed by atoms with Gasteiger partial charge < -0.3 is 10.1 Å². The standard InChI is InChI=1S/C22H20Cl2N2O4S/c1-14-20(24)7-4-8-21(14)26-31(28,29)19-11-9-17(10-12-19)25-22(27)15(2)30-18-6-3-5-16(23)13-18/h3-13,15,26H,1-2H3,(H,25,27)/t15-/m1/s1. The monoisotopic (exact) mass is 478 g/mol. The molecule has 1 atom stereocenters. The van der Waals surface area contributed by atoms with Gasteiger partial charge in [0.25, 0.3) is 15.9 Å². The molecule has 0 radical (unpaired) electrons. The van der Waals surface area contributed by atoms with Crippen LogP contribution in [0.3, 0.4) is 0 Å². The fraction of sp³-hybridized carbons (Fsp3) is 0.136. The molecule has 0 aliphatic heterocycles. The van der Waals surface area contributed by atoms with Gasteiger partial charge in [-0.2, -0.15) is 0 Å². The molecule has 9 heteroatoms. The lowest BCUT2D eigenvalue weighted by Gasteiger charge is -2.15. The minimum atomic E-state index is -3.82. The highest BCUT2D eigenvalue weighted by Gasteiger charge is 2.18. The van der Waals surface area contributed by atoms with E-state index in [-0.39, 0.29) is 10.8 Å². The Morgan fingerprint density at radius 1 is 1.00 bits per heavy atom. The first-order valence-electron chi connectivity index (χ1n) is 9.27. The Hall–Kier alpha value is -2.74. The summed E-state index contributed by atoms with van der Waals surface area (Å²) >= 11 is 12.0. The van der Waals surface area contributed by atoms with E-state index in [0.29, 0.717) is 32.7 Å². The molecule has 1 amide bonds. The molecule has 0 heterocycles. The molecule has 0 aliphatic carbocycles. The molecule has 162 valence electrons. The molecular formula is C22H20Cl2N2O4S. The van der Waals surface area contributed by atoms with Crippen LogP contribution in [-0.2, 0) is 14.8 Å². The van der Waals surface area contributed by atoms with Crippen LogP contribution in [-0.4, -0.2) is 20.4 Å². The molecule has 0 saturated heterocycles. The first kappa shape index (κ1) is 22.9. The van der Waals surface area contributed by atoms with Crippen LogP contribution in [0, 0.1) is 6.92 Å². The van der Waals surface area contributed by atoms with Crippen LogP contribution < -0.4 is 14.8 Å². The normalized spacial score (nSPS) is 12.1. The van der Waals surface area contributed by atoms with E-state index in [1.807, 2.05) is 0 Å². The van der Waals surface area contributed by atoms with Crippen LogP contribution in [0.2, 0.25) is 10.0 Å². The fourth-order valence-corrected chi connectivity index (χ4v) is 4.16. The van der Waals surface area contributed by atoms with Gasteiger partial charge in [-0.05, 0) is 74.0 Å². The number of carbonyl (C=O) groups excluding carboxylic acids is 1. The van der Waals surface area contributed by atoms with Crippen molar-refractivity contribution in [2.45, 2.75) is 24.8 Å². The molecule has 3 aromatic rings. The quantitative estimate of drug-likeness (QED) is 0.468. The van der Waals surface area contributed by atoms with Crippen molar-refractivity contribution in [1.82, 2.24) is 0 Å². The zero-order chi connectivity index (χ0) is 22.6. The van der Waals surface area contributed by atoms with Gasteiger partial charge in [-0.3, -0.25) is 9.52 Å². The molecule has 2 N–H and O–H groups in total. The van der Waals surface area contributed by atoms with Crippen molar-refractivity contribution in [1.29, 1.82) is 0 Å². The lowest BCUT2D eigenvalue weighted by Crippen LogP contribution is -2.30. The topological polar surface area (TPSA) is 84.5 Å². The Bertz CT molecular complexity index is 1200.